The van der Waals surface area contributed by atoms with Gasteiger partial charge in [0.2, 0.25) is 5.95 Å². The van der Waals surface area contributed by atoms with Crippen LogP contribution in [-0.4, -0.2) is 59.4 Å². The Bertz CT molecular complexity index is 1260. The number of methoxy groups -OCH3 is 2. The van der Waals surface area contributed by atoms with Crippen LogP contribution in [0.15, 0.2) is 48.7 Å². The number of likely N-dealkylation sites (tertiary alicyclic amines) is 1. The molecule has 0 spiro atoms. The Labute approximate surface area is 203 Å². The Morgan fingerprint density at radius 2 is 2.00 bits per heavy atom. The van der Waals surface area contributed by atoms with Crippen molar-refractivity contribution in [3.05, 3.63) is 54.2 Å². The number of aliphatic hydroxyl groups is 1. The molecule has 1 aliphatic rings. The molecule has 3 N–H and O–H groups in total. The number of nitriles is 1. The molecule has 180 valence electrons. The van der Waals surface area contributed by atoms with E-state index in [1.54, 1.807) is 54.6 Å². The number of urea groups is 1. The predicted molar refractivity (Wildman–Crippen MR) is 131 cm³/mol. The summed E-state index contributed by atoms with van der Waals surface area (Å²) in [6, 6.07) is 14.1. The lowest BCUT2D eigenvalue weighted by Gasteiger charge is -2.30. The molecule has 10 heteroatoms. The van der Waals surface area contributed by atoms with E-state index in [1.165, 1.54) is 7.11 Å². The largest absolute Gasteiger partial charge is 0.497 e. The molecular formula is C25H26N6O4. The quantitative estimate of drug-likeness (QED) is 0.492. The van der Waals surface area contributed by atoms with Crippen LogP contribution >= 0.6 is 0 Å². The highest BCUT2D eigenvalue weighted by atomic mass is 16.5. The van der Waals surface area contributed by atoms with Crippen molar-refractivity contribution in [3.8, 4) is 28.8 Å². The van der Waals surface area contributed by atoms with Crippen LogP contribution in [0.5, 0.6) is 11.5 Å². The van der Waals surface area contributed by atoms with Crippen molar-refractivity contribution in [2.75, 3.05) is 37.9 Å². The van der Waals surface area contributed by atoms with Gasteiger partial charge >= 0.3 is 6.03 Å². The summed E-state index contributed by atoms with van der Waals surface area (Å²) in [6.45, 7) is 0.901. The van der Waals surface area contributed by atoms with Gasteiger partial charge in [-0.15, -0.1) is 0 Å². The fraction of sp³-hybridized carbons (Fsp3) is 0.280. The highest BCUT2D eigenvalue weighted by Crippen LogP contribution is 2.28. The van der Waals surface area contributed by atoms with Gasteiger partial charge in [-0.2, -0.15) is 5.26 Å². The summed E-state index contributed by atoms with van der Waals surface area (Å²) >= 11 is 0. The Balaban J connectivity index is 1.54. The average molecular weight is 475 g/mol. The maximum atomic E-state index is 12.7. The van der Waals surface area contributed by atoms with E-state index in [2.05, 4.69) is 26.7 Å². The highest BCUT2D eigenvalue weighted by molar-refractivity contribution is 5.90. The van der Waals surface area contributed by atoms with Crippen LogP contribution in [-0.2, 0) is 0 Å². The van der Waals surface area contributed by atoms with Crippen LogP contribution in [0.3, 0.4) is 0 Å². The normalized spacial score (nSPS) is 15.1. The van der Waals surface area contributed by atoms with Gasteiger partial charge in [-0.05, 0) is 43.2 Å². The number of ether oxygens (including phenoxy) is 2. The number of β-amino-alcohol motifs (C(OH)–C–C–N with tert-alkyl or cyclic N) is 1. The molecule has 3 aromatic rings. The Morgan fingerprint density at radius 3 is 2.74 bits per heavy atom. The minimum atomic E-state index is -0.503. The molecule has 1 aromatic heterocycles. The van der Waals surface area contributed by atoms with Crippen LogP contribution < -0.4 is 20.1 Å². The number of amides is 2. The molecule has 2 aromatic carbocycles. The van der Waals surface area contributed by atoms with E-state index in [9.17, 15) is 15.2 Å². The number of nitrogens with zero attached hydrogens (tertiary/aromatic N) is 4. The van der Waals surface area contributed by atoms with Crippen molar-refractivity contribution in [1.29, 1.82) is 5.26 Å². The first kappa shape index (κ1) is 23.8. The topological polar surface area (TPSA) is 133 Å². The number of aromatic nitrogens is 2. The zero-order chi connectivity index (χ0) is 24.8. The van der Waals surface area contributed by atoms with Crippen molar-refractivity contribution in [2.24, 2.45) is 0 Å². The number of benzene rings is 2. The van der Waals surface area contributed by atoms with Crippen LogP contribution in [0, 0.1) is 11.3 Å². The third-order valence-corrected chi connectivity index (χ3v) is 5.60. The molecule has 1 atom stereocenters. The molecular weight excluding hydrogens is 448 g/mol. The SMILES string of the molecule is COc1cc(NC(=O)N2CCCC(O)C2)cc(Nc2nccc(-c3ccc(OC)c(C#N)c3)n2)c1. The molecule has 1 aliphatic heterocycles. The van der Waals surface area contributed by atoms with Gasteiger partial charge in [-0.1, -0.05) is 0 Å². The van der Waals surface area contributed by atoms with Crippen LogP contribution in [0.1, 0.15) is 18.4 Å². The van der Waals surface area contributed by atoms with Gasteiger partial charge in [0, 0.05) is 48.4 Å². The van der Waals surface area contributed by atoms with Crippen molar-refractivity contribution in [1.82, 2.24) is 14.9 Å². The number of carbonyl (C=O) groups excluding carboxylic acids is 1. The maximum Gasteiger partial charge on any atom is 0.321 e. The van der Waals surface area contributed by atoms with E-state index >= 15 is 0 Å². The number of anilines is 3. The molecule has 10 nitrogen and oxygen atoms in total. The van der Waals surface area contributed by atoms with Crippen LogP contribution in [0.25, 0.3) is 11.3 Å². The third-order valence-electron chi connectivity index (χ3n) is 5.60. The second-order valence-electron chi connectivity index (χ2n) is 8.04. The lowest BCUT2D eigenvalue weighted by molar-refractivity contribution is 0.0883. The van der Waals surface area contributed by atoms with Crippen molar-refractivity contribution in [2.45, 2.75) is 18.9 Å². The molecule has 1 fully saturated rings. The lowest BCUT2D eigenvalue weighted by atomic mass is 10.1. The van der Waals surface area contributed by atoms with Crippen LogP contribution in [0.2, 0.25) is 0 Å². The molecule has 0 saturated carbocycles. The molecule has 2 heterocycles. The zero-order valence-corrected chi connectivity index (χ0v) is 19.5. The van der Waals surface area contributed by atoms with Crippen LogP contribution in [0.4, 0.5) is 22.1 Å². The molecule has 1 saturated heterocycles. The van der Waals surface area contributed by atoms with Crippen molar-refractivity contribution < 1.29 is 19.4 Å². The predicted octanol–water partition coefficient (Wildman–Crippen LogP) is 3.76. The van der Waals surface area contributed by atoms with Gasteiger partial charge < -0.3 is 30.1 Å². The minimum absolute atomic E-state index is 0.283. The van der Waals surface area contributed by atoms with Gasteiger partial charge in [-0.3, -0.25) is 0 Å². The van der Waals surface area contributed by atoms with E-state index in [0.29, 0.717) is 59.6 Å². The summed E-state index contributed by atoms with van der Waals surface area (Å²) in [5.74, 6) is 1.36. The number of aliphatic hydroxyl groups excluding tert-OH is 1. The summed E-state index contributed by atoms with van der Waals surface area (Å²) in [5.41, 5.74) is 2.93. The van der Waals surface area contributed by atoms with E-state index in [-0.39, 0.29) is 6.03 Å². The standard InChI is InChI=1S/C25H26N6O4/c1-34-21-12-18(11-19(13-21)29-25(33)31-9-3-4-20(32)15-31)28-24-27-8-7-22(30-24)16-5-6-23(35-2)17(10-16)14-26/h5-8,10-13,20,32H,3-4,9,15H2,1-2H3,(H,29,33)(H,27,28,30). The second kappa shape index (κ2) is 10.7. The molecule has 35 heavy (non-hydrogen) atoms. The Kier molecular flexibility index (Phi) is 7.28. The lowest BCUT2D eigenvalue weighted by Crippen LogP contribution is -2.44. The summed E-state index contributed by atoms with van der Waals surface area (Å²) < 4.78 is 10.6. The molecule has 0 radical (unpaired) electrons. The summed E-state index contributed by atoms with van der Waals surface area (Å²) in [5, 5.41) is 25.2. The van der Waals surface area contributed by atoms with Gasteiger partial charge in [0.05, 0.1) is 31.6 Å². The van der Waals surface area contributed by atoms with E-state index in [0.717, 1.165) is 12.0 Å². The fourth-order valence-electron chi connectivity index (χ4n) is 3.87. The smallest absolute Gasteiger partial charge is 0.321 e. The first-order chi connectivity index (χ1) is 17.0. The number of hydrogen-bond donors (Lipinski definition) is 3. The minimum Gasteiger partial charge on any atom is -0.497 e. The number of rotatable bonds is 6. The van der Waals surface area contributed by atoms with Gasteiger partial charge in [0.15, 0.2) is 0 Å². The Morgan fingerprint density at radius 1 is 1.17 bits per heavy atom. The average Bonchev–Trinajstić information content (AvgIpc) is 2.88. The zero-order valence-electron chi connectivity index (χ0n) is 19.5. The summed E-state index contributed by atoms with van der Waals surface area (Å²) in [6.07, 6.45) is 2.57. The van der Waals surface area contributed by atoms with Gasteiger partial charge in [0.1, 0.15) is 17.6 Å². The summed E-state index contributed by atoms with van der Waals surface area (Å²) in [7, 11) is 3.06. The molecule has 4 rings (SSSR count). The fourth-order valence-corrected chi connectivity index (χ4v) is 3.87. The second-order valence-corrected chi connectivity index (χ2v) is 8.04. The van der Waals surface area contributed by atoms with E-state index < -0.39 is 6.10 Å². The van der Waals surface area contributed by atoms with E-state index in [1.807, 2.05) is 6.07 Å². The third kappa shape index (κ3) is 5.77. The first-order valence-corrected chi connectivity index (χ1v) is 11.1. The monoisotopic (exact) mass is 474 g/mol. The number of hydrogen-bond acceptors (Lipinski definition) is 8. The number of carbonyl (C=O) groups is 1. The summed E-state index contributed by atoms with van der Waals surface area (Å²) in [4.78, 5) is 23.1. The molecule has 2 amide bonds. The Hall–Kier alpha value is -4.36. The number of piperidine rings is 1. The highest BCUT2D eigenvalue weighted by Gasteiger charge is 2.22. The molecule has 1 unspecified atom stereocenters. The van der Waals surface area contributed by atoms with Gasteiger partial charge in [-0.25, -0.2) is 14.8 Å². The van der Waals surface area contributed by atoms with E-state index in [4.69, 9.17) is 9.47 Å². The van der Waals surface area contributed by atoms with Crippen molar-refractivity contribution in [3.63, 3.8) is 0 Å². The maximum absolute atomic E-state index is 12.7. The molecule has 0 aliphatic carbocycles. The number of nitrogens with one attached hydrogen (secondary N) is 2. The first-order valence-electron chi connectivity index (χ1n) is 11.1. The van der Waals surface area contributed by atoms with Crippen molar-refractivity contribution >= 4 is 23.4 Å². The van der Waals surface area contributed by atoms with Gasteiger partial charge in [0.25, 0.3) is 0 Å². The molecule has 0 bridgehead atoms.